The Labute approximate surface area is 151 Å². The molecule has 0 bridgehead atoms. The molecule has 0 radical (unpaired) electrons. The van der Waals surface area contributed by atoms with Crippen LogP contribution in [0, 0.1) is 19.7 Å². The summed E-state index contributed by atoms with van der Waals surface area (Å²) in [5, 5.41) is 4.34. The number of aryl methyl sites for hydroxylation is 2. The van der Waals surface area contributed by atoms with E-state index in [4.69, 9.17) is 9.47 Å². The predicted octanol–water partition coefficient (Wildman–Crippen LogP) is 3.02. The second kappa shape index (κ2) is 6.59. The second-order valence-electron chi connectivity index (χ2n) is 7.44. The SMILES string of the molecule is Cc1cc(C)n(-c2cc(OC3CN(C(=O)OC(C)(C)C)C3)c(F)cn2)n1. The van der Waals surface area contributed by atoms with E-state index >= 15 is 0 Å². The van der Waals surface area contributed by atoms with Crippen molar-refractivity contribution in [3.05, 3.63) is 35.5 Å². The number of hydrogen-bond acceptors (Lipinski definition) is 5. The summed E-state index contributed by atoms with van der Waals surface area (Å²) in [5.41, 5.74) is 1.20. The van der Waals surface area contributed by atoms with Gasteiger partial charge in [0.2, 0.25) is 0 Å². The van der Waals surface area contributed by atoms with Gasteiger partial charge < -0.3 is 14.4 Å². The Hall–Kier alpha value is -2.64. The first kappa shape index (κ1) is 18.2. The first-order valence-corrected chi connectivity index (χ1v) is 8.46. The molecule has 1 saturated heterocycles. The number of hydrogen-bond donors (Lipinski definition) is 0. The summed E-state index contributed by atoms with van der Waals surface area (Å²) in [6.07, 6.45) is 0.439. The second-order valence-corrected chi connectivity index (χ2v) is 7.44. The fraction of sp³-hybridized carbons (Fsp3) is 0.500. The van der Waals surface area contributed by atoms with E-state index in [1.54, 1.807) is 4.68 Å². The van der Waals surface area contributed by atoms with Gasteiger partial charge in [-0.3, -0.25) is 0 Å². The zero-order chi connectivity index (χ0) is 19.1. The number of pyridine rings is 1. The summed E-state index contributed by atoms with van der Waals surface area (Å²) < 4.78 is 26.7. The Balaban J connectivity index is 1.65. The van der Waals surface area contributed by atoms with Crippen LogP contribution in [0.25, 0.3) is 5.82 Å². The topological polar surface area (TPSA) is 69.5 Å². The third kappa shape index (κ3) is 3.95. The van der Waals surface area contributed by atoms with Crippen LogP contribution in [0.4, 0.5) is 9.18 Å². The molecule has 0 aliphatic carbocycles. The predicted molar refractivity (Wildman–Crippen MR) is 93.0 cm³/mol. The molecule has 0 aromatic carbocycles. The molecule has 0 N–H and O–H groups in total. The van der Waals surface area contributed by atoms with Gasteiger partial charge in [0.15, 0.2) is 17.4 Å². The molecule has 26 heavy (non-hydrogen) atoms. The van der Waals surface area contributed by atoms with Crippen molar-refractivity contribution in [1.29, 1.82) is 0 Å². The van der Waals surface area contributed by atoms with Crippen LogP contribution in [0.1, 0.15) is 32.2 Å². The van der Waals surface area contributed by atoms with Gasteiger partial charge in [0.1, 0.15) is 11.7 Å². The van der Waals surface area contributed by atoms with Gasteiger partial charge in [-0.25, -0.2) is 18.9 Å². The molecule has 7 nitrogen and oxygen atoms in total. The van der Waals surface area contributed by atoms with Crippen molar-refractivity contribution in [3.63, 3.8) is 0 Å². The molecule has 0 spiro atoms. The number of nitrogens with zero attached hydrogens (tertiary/aromatic N) is 4. The molecular weight excluding hydrogens is 339 g/mol. The number of amides is 1. The van der Waals surface area contributed by atoms with Gasteiger partial charge >= 0.3 is 6.09 Å². The van der Waals surface area contributed by atoms with Crippen LogP contribution in [-0.2, 0) is 4.74 Å². The lowest BCUT2D eigenvalue weighted by Crippen LogP contribution is -2.57. The van der Waals surface area contributed by atoms with Crippen molar-refractivity contribution in [1.82, 2.24) is 19.7 Å². The highest BCUT2D eigenvalue weighted by Crippen LogP contribution is 2.24. The Kier molecular flexibility index (Phi) is 4.60. The van der Waals surface area contributed by atoms with Crippen LogP contribution in [-0.4, -0.2) is 50.6 Å². The van der Waals surface area contributed by atoms with Crippen LogP contribution in [0.3, 0.4) is 0 Å². The molecule has 2 aromatic heterocycles. The molecule has 1 fully saturated rings. The first-order chi connectivity index (χ1) is 12.1. The van der Waals surface area contributed by atoms with E-state index in [2.05, 4.69) is 10.1 Å². The smallest absolute Gasteiger partial charge is 0.410 e. The number of aromatic nitrogens is 3. The molecule has 0 saturated carbocycles. The Morgan fingerprint density at radius 2 is 1.96 bits per heavy atom. The van der Waals surface area contributed by atoms with Crippen LogP contribution >= 0.6 is 0 Å². The maximum Gasteiger partial charge on any atom is 0.410 e. The van der Waals surface area contributed by atoms with Crippen molar-refractivity contribution in [2.75, 3.05) is 13.1 Å². The van der Waals surface area contributed by atoms with E-state index in [1.165, 1.54) is 11.0 Å². The van der Waals surface area contributed by atoms with Crippen LogP contribution in [0.5, 0.6) is 5.75 Å². The molecule has 2 aromatic rings. The van der Waals surface area contributed by atoms with E-state index in [-0.39, 0.29) is 11.9 Å². The number of halogens is 1. The van der Waals surface area contributed by atoms with Crippen molar-refractivity contribution < 1.29 is 18.7 Å². The molecule has 1 aliphatic rings. The average Bonchev–Trinajstić information content (AvgIpc) is 2.81. The number of ether oxygens (including phenoxy) is 2. The third-order valence-electron chi connectivity index (χ3n) is 3.83. The minimum Gasteiger partial charge on any atom is -0.483 e. The Morgan fingerprint density at radius 3 is 2.54 bits per heavy atom. The maximum atomic E-state index is 14.1. The highest BCUT2D eigenvalue weighted by molar-refractivity contribution is 5.69. The molecular formula is C18H23FN4O3. The summed E-state index contributed by atoms with van der Waals surface area (Å²) in [5.74, 6) is 0.0257. The quantitative estimate of drug-likeness (QED) is 0.839. The largest absolute Gasteiger partial charge is 0.483 e. The van der Waals surface area contributed by atoms with Gasteiger partial charge in [-0.05, 0) is 40.7 Å². The van der Waals surface area contributed by atoms with Crippen molar-refractivity contribution >= 4 is 6.09 Å². The summed E-state index contributed by atoms with van der Waals surface area (Å²) in [7, 11) is 0. The molecule has 3 rings (SSSR count). The summed E-state index contributed by atoms with van der Waals surface area (Å²) >= 11 is 0. The summed E-state index contributed by atoms with van der Waals surface area (Å²) in [6, 6.07) is 3.43. The third-order valence-corrected chi connectivity index (χ3v) is 3.83. The first-order valence-electron chi connectivity index (χ1n) is 8.46. The maximum absolute atomic E-state index is 14.1. The van der Waals surface area contributed by atoms with Crippen LogP contribution in [0.2, 0.25) is 0 Å². The molecule has 1 aliphatic heterocycles. The van der Waals surface area contributed by atoms with E-state index < -0.39 is 17.5 Å². The van der Waals surface area contributed by atoms with Gasteiger partial charge in [-0.15, -0.1) is 0 Å². The van der Waals surface area contributed by atoms with Crippen molar-refractivity contribution in [3.8, 4) is 11.6 Å². The number of likely N-dealkylation sites (tertiary alicyclic amines) is 1. The minimum atomic E-state index is -0.550. The Morgan fingerprint density at radius 1 is 1.27 bits per heavy atom. The summed E-state index contributed by atoms with van der Waals surface area (Å²) in [6.45, 7) is 9.92. The highest BCUT2D eigenvalue weighted by atomic mass is 19.1. The van der Waals surface area contributed by atoms with Crippen LogP contribution in [0.15, 0.2) is 18.3 Å². The van der Waals surface area contributed by atoms with Gasteiger partial charge in [-0.1, -0.05) is 0 Å². The lowest BCUT2D eigenvalue weighted by atomic mass is 10.1. The van der Waals surface area contributed by atoms with Crippen molar-refractivity contribution in [2.45, 2.75) is 46.3 Å². The highest BCUT2D eigenvalue weighted by Gasteiger charge is 2.35. The summed E-state index contributed by atoms with van der Waals surface area (Å²) in [4.78, 5) is 17.5. The molecule has 1 amide bonds. The molecule has 8 heteroatoms. The lowest BCUT2D eigenvalue weighted by molar-refractivity contribution is -0.0229. The zero-order valence-corrected chi connectivity index (χ0v) is 15.6. The van der Waals surface area contributed by atoms with Crippen LogP contribution < -0.4 is 4.74 Å². The van der Waals surface area contributed by atoms with Gasteiger partial charge in [0.05, 0.1) is 25.0 Å². The van der Waals surface area contributed by atoms with E-state index in [1.807, 2.05) is 40.7 Å². The standard InChI is InChI=1S/C18H23FN4O3/c1-11-6-12(2)23(21-11)16-7-15(14(19)8-20-16)25-13-9-22(10-13)17(24)26-18(3,4)5/h6-8,13H,9-10H2,1-5H3. The Bertz CT molecular complexity index is 822. The van der Waals surface area contributed by atoms with Crippen molar-refractivity contribution in [2.24, 2.45) is 0 Å². The van der Waals surface area contributed by atoms with E-state index in [9.17, 15) is 9.18 Å². The monoisotopic (exact) mass is 362 g/mol. The number of carbonyl (C=O) groups excluding carboxylic acids is 1. The normalized spacial score (nSPS) is 14.9. The fourth-order valence-electron chi connectivity index (χ4n) is 2.64. The molecule has 0 atom stereocenters. The fourth-order valence-corrected chi connectivity index (χ4v) is 2.64. The average molecular weight is 362 g/mol. The van der Waals surface area contributed by atoms with Gasteiger partial charge in [0.25, 0.3) is 0 Å². The molecule has 140 valence electrons. The van der Waals surface area contributed by atoms with E-state index in [0.717, 1.165) is 17.6 Å². The molecule has 3 heterocycles. The lowest BCUT2D eigenvalue weighted by Gasteiger charge is -2.39. The van der Waals surface area contributed by atoms with Gasteiger partial charge in [-0.2, -0.15) is 5.10 Å². The minimum absolute atomic E-state index is 0.0939. The van der Waals surface area contributed by atoms with Gasteiger partial charge in [0, 0.05) is 11.8 Å². The molecule has 0 unspecified atom stereocenters. The number of carbonyl (C=O) groups is 1. The zero-order valence-electron chi connectivity index (χ0n) is 15.6. The number of rotatable bonds is 3. The van der Waals surface area contributed by atoms with E-state index in [0.29, 0.717) is 18.9 Å².